The summed E-state index contributed by atoms with van der Waals surface area (Å²) in [6, 6.07) is 14.0. The van der Waals surface area contributed by atoms with Gasteiger partial charge in [-0.2, -0.15) is 0 Å². The lowest BCUT2D eigenvalue weighted by molar-refractivity contribution is 0.0735. The summed E-state index contributed by atoms with van der Waals surface area (Å²) in [5.41, 5.74) is 1.45. The van der Waals surface area contributed by atoms with E-state index in [2.05, 4.69) is 4.72 Å². The van der Waals surface area contributed by atoms with E-state index in [0.717, 1.165) is 24.2 Å². The predicted octanol–water partition coefficient (Wildman–Crippen LogP) is 3.36. The van der Waals surface area contributed by atoms with E-state index < -0.39 is 10.0 Å². The highest BCUT2D eigenvalue weighted by molar-refractivity contribution is 7.89. The number of benzene rings is 2. The van der Waals surface area contributed by atoms with Gasteiger partial charge in [0.05, 0.1) is 17.5 Å². The maximum Gasteiger partial charge on any atom is 0.254 e. The van der Waals surface area contributed by atoms with Crippen molar-refractivity contribution in [3.05, 3.63) is 59.7 Å². The van der Waals surface area contributed by atoms with Gasteiger partial charge in [0.15, 0.2) is 0 Å². The molecule has 3 rings (SSSR count). The van der Waals surface area contributed by atoms with Crippen LogP contribution >= 0.6 is 0 Å². The van der Waals surface area contributed by atoms with E-state index in [-0.39, 0.29) is 16.8 Å². The third kappa shape index (κ3) is 4.36. The molecule has 28 heavy (non-hydrogen) atoms. The largest absolute Gasteiger partial charge is 0.494 e. The minimum absolute atomic E-state index is 0.0165. The fourth-order valence-corrected chi connectivity index (χ4v) is 4.63. The second-order valence-electron chi connectivity index (χ2n) is 6.69. The molecule has 1 aliphatic rings. The van der Waals surface area contributed by atoms with Crippen LogP contribution in [0.15, 0.2) is 53.4 Å². The molecular weight excluding hydrogens is 376 g/mol. The summed E-state index contributed by atoms with van der Waals surface area (Å²) in [6.45, 7) is 5.22. The number of nitrogens with zero attached hydrogens (tertiary/aromatic N) is 1. The van der Waals surface area contributed by atoms with Crippen molar-refractivity contribution in [2.24, 2.45) is 0 Å². The molecule has 2 aromatic rings. The van der Waals surface area contributed by atoms with Crippen molar-refractivity contribution in [2.45, 2.75) is 37.6 Å². The molecule has 1 saturated heterocycles. The first-order valence-electron chi connectivity index (χ1n) is 9.59. The highest BCUT2D eigenvalue weighted by atomic mass is 32.2. The highest BCUT2D eigenvalue weighted by Gasteiger charge is 2.31. The van der Waals surface area contributed by atoms with Gasteiger partial charge in [0, 0.05) is 18.7 Å². The quantitative estimate of drug-likeness (QED) is 0.771. The molecule has 150 valence electrons. The van der Waals surface area contributed by atoms with Crippen LogP contribution in [0.2, 0.25) is 0 Å². The standard InChI is InChI=1S/C21H26N2O4S/c1-3-22-28(25,26)19-8-5-7-17(15-19)21(24)23-14-6-9-20(23)16-10-12-18(13-11-16)27-4-2/h5,7-8,10-13,15,20,22H,3-4,6,9,14H2,1-2H3/t20-/m1/s1. The molecule has 0 spiro atoms. The zero-order valence-corrected chi connectivity index (χ0v) is 17.0. The Hall–Kier alpha value is -2.38. The number of likely N-dealkylation sites (tertiary alicyclic amines) is 1. The Bertz CT molecular complexity index is 926. The van der Waals surface area contributed by atoms with Gasteiger partial charge < -0.3 is 9.64 Å². The Morgan fingerprint density at radius 2 is 1.93 bits per heavy atom. The maximum absolute atomic E-state index is 13.1. The Labute approximate surface area is 166 Å². The first-order chi connectivity index (χ1) is 13.5. The molecule has 1 aliphatic heterocycles. The van der Waals surface area contributed by atoms with Gasteiger partial charge >= 0.3 is 0 Å². The monoisotopic (exact) mass is 402 g/mol. The predicted molar refractivity (Wildman–Crippen MR) is 108 cm³/mol. The third-order valence-electron chi connectivity index (χ3n) is 4.82. The molecule has 0 bridgehead atoms. The van der Waals surface area contributed by atoms with E-state index in [1.165, 1.54) is 12.1 Å². The topological polar surface area (TPSA) is 75.7 Å². The molecule has 1 fully saturated rings. The second-order valence-corrected chi connectivity index (χ2v) is 8.45. The number of rotatable bonds is 7. The molecule has 0 unspecified atom stereocenters. The van der Waals surface area contributed by atoms with Gasteiger partial charge in [0.2, 0.25) is 10.0 Å². The molecule has 0 saturated carbocycles. The molecule has 0 radical (unpaired) electrons. The summed E-state index contributed by atoms with van der Waals surface area (Å²) in [6.07, 6.45) is 1.80. The van der Waals surface area contributed by atoms with Crippen molar-refractivity contribution in [1.29, 1.82) is 0 Å². The van der Waals surface area contributed by atoms with E-state index >= 15 is 0 Å². The minimum Gasteiger partial charge on any atom is -0.494 e. The van der Waals surface area contributed by atoms with E-state index in [4.69, 9.17) is 4.74 Å². The summed E-state index contributed by atoms with van der Waals surface area (Å²) in [5.74, 6) is 0.661. The second kappa shape index (κ2) is 8.75. The first-order valence-corrected chi connectivity index (χ1v) is 11.1. The molecule has 7 heteroatoms. The maximum atomic E-state index is 13.1. The van der Waals surface area contributed by atoms with Crippen molar-refractivity contribution in [1.82, 2.24) is 9.62 Å². The van der Waals surface area contributed by atoms with E-state index in [0.29, 0.717) is 25.3 Å². The van der Waals surface area contributed by atoms with Crippen LogP contribution in [-0.2, 0) is 10.0 Å². The SMILES string of the molecule is CCNS(=O)(=O)c1cccc(C(=O)N2CCC[C@@H]2c2ccc(OCC)cc2)c1. The number of amides is 1. The van der Waals surface area contributed by atoms with Crippen molar-refractivity contribution in [3.63, 3.8) is 0 Å². The summed E-state index contributed by atoms with van der Waals surface area (Å²) in [7, 11) is -3.60. The number of hydrogen-bond donors (Lipinski definition) is 1. The number of hydrogen-bond acceptors (Lipinski definition) is 4. The van der Waals surface area contributed by atoms with E-state index in [1.807, 2.05) is 36.1 Å². The van der Waals surface area contributed by atoms with Gasteiger partial charge in [0.1, 0.15) is 5.75 Å². The highest BCUT2D eigenvalue weighted by Crippen LogP contribution is 2.34. The minimum atomic E-state index is -3.60. The van der Waals surface area contributed by atoms with Gasteiger partial charge in [0.25, 0.3) is 5.91 Å². The molecule has 6 nitrogen and oxygen atoms in total. The Kier molecular flexibility index (Phi) is 6.36. The molecule has 0 aromatic heterocycles. The van der Waals surface area contributed by atoms with Gasteiger partial charge in [-0.25, -0.2) is 13.1 Å². The fraction of sp³-hybridized carbons (Fsp3) is 0.381. The van der Waals surface area contributed by atoms with Crippen LogP contribution in [0.4, 0.5) is 0 Å². The van der Waals surface area contributed by atoms with Crippen LogP contribution in [-0.4, -0.2) is 38.9 Å². The van der Waals surface area contributed by atoms with Crippen LogP contribution in [0.3, 0.4) is 0 Å². The molecular formula is C21H26N2O4S. The average molecular weight is 403 g/mol. The Balaban J connectivity index is 1.83. The molecule has 2 aromatic carbocycles. The van der Waals surface area contributed by atoms with Crippen molar-refractivity contribution >= 4 is 15.9 Å². The summed E-state index contributed by atoms with van der Waals surface area (Å²) >= 11 is 0. The lowest BCUT2D eigenvalue weighted by atomic mass is 10.0. The summed E-state index contributed by atoms with van der Waals surface area (Å²) in [4.78, 5) is 15.1. The zero-order chi connectivity index (χ0) is 20.1. The van der Waals surface area contributed by atoms with Crippen LogP contribution < -0.4 is 9.46 Å². The number of sulfonamides is 1. The number of carbonyl (C=O) groups excluding carboxylic acids is 1. The molecule has 1 heterocycles. The van der Waals surface area contributed by atoms with Crippen molar-refractivity contribution < 1.29 is 17.9 Å². The van der Waals surface area contributed by atoms with Gasteiger partial charge in [-0.3, -0.25) is 4.79 Å². The number of ether oxygens (including phenoxy) is 1. The molecule has 0 aliphatic carbocycles. The number of carbonyl (C=O) groups is 1. The summed E-state index contributed by atoms with van der Waals surface area (Å²) < 4.78 is 32.5. The third-order valence-corrected chi connectivity index (χ3v) is 6.36. The normalized spacial score (nSPS) is 16.9. The summed E-state index contributed by atoms with van der Waals surface area (Å²) in [5, 5.41) is 0. The van der Waals surface area contributed by atoms with Gasteiger partial charge in [-0.05, 0) is 55.7 Å². The smallest absolute Gasteiger partial charge is 0.254 e. The average Bonchev–Trinajstić information content (AvgIpc) is 3.18. The molecule has 1 N–H and O–H groups in total. The van der Waals surface area contributed by atoms with Crippen LogP contribution in [0.1, 0.15) is 48.7 Å². The Morgan fingerprint density at radius 1 is 1.18 bits per heavy atom. The van der Waals surface area contributed by atoms with E-state index in [9.17, 15) is 13.2 Å². The first kappa shape index (κ1) is 20.4. The number of nitrogens with one attached hydrogen (secondary N) is 1. The molecule has 1 amide bonds. The van der Waals surface area contributed by atoms with Crippen molar-refractivity contribution in [2.75, 3.05) is 19.7 Å². The molecule has 1 atom stereocenters. The van der Waals surface area contributed by atoms with Crippen LogP contribution in [0.25, 0.3) is 0 Å². The van der Waals surface area contributed by atoms with Gasteiger partial charge in [-0.15, -0.1) is 0 Å². The van der Waals surface area contributed by atoms with Crippen LogP contribution in [0, 0.1) is 0 Å². The van der Waals surface area contributed by atoms with Gasteiger partial charge in [-0.1, -0.05) is 25.1 Å². The van der Waals surface area contributed by atoms with E-state index in [1.54, 1.807) is 19.1 Å². The van der Waals surface area contributed by atoms with Crippen LogP contribution in [0.5, 0.6) is 5.75 Å². The lowest BCUT2D eigenvalue weighted by Gasteiger charge is -2.25. The van der Waals surface area contributed by atoms with Crippen molar-refractivity contribution in [3.8, 4) is 5.75 Å². The lowest BCUT2D eigenvalue weighted by Crippen LogP contribution is -2.31. The Morgan fingerprint density at radius 3 is 2.61 bits per heavy atom. The zero-order valence-electron chi connectivity index (χ0n) is 16.2. The fourth-order valence-electron chi connectivity index (χ4n) is 3.54.